The van der Waals surface area contributed by atoms with Crippen molar-refractivity contribution in [1.82, 2.24) is 32.8 Å². The average Bonchev–Trinajstić information content (AvgIpc) is 4.25. The third-order valence-electron chi connectivity index (χ3n) is 12.9. The Morgan fingerprint density at radius 1 is 0.420 bits per heavy atom. The lowest BCUT2D eigenvalue weighted by Gasteiger charge is -2.12. The van der Waals surface area contributed by atoms with Crippen LogP contribution in [0.15, 0.2) is 209 Å². The maximum atomic E-state index is 11.2. The van der Waals surface area contributed by atoms with Crippen molar-refractivity contribution in [2.24, 2.45) is 0 Å². The maximum absolute atomic E-state index is 11.2. The van der Waals surface area contributed by atoms with Crippen LogP contribution in [0, 0.1) is 39.0 Å². The highest BCUT2D eigenvalue weighted by molar-refractivity contribution is 6.09. The summed E-state index contributed by atoms with van der Waals surface area (Å²) in [6.45, 7) is 8.36. The summed E-state index contributed by atoms with van der Waals surface area (Å²) in [4.78, 5) is 10.1. The van der Waals surface area contributed by atoms with E-state index in [1.54, 1.807) is 0 Å². The van der Waals surface area contributed by atoms with E-state index in [9.17, 15) is 5.26 Å². The molecule has 0 aliphatic heterocycles. The second-order valence-corrected chi connectivity index (χ2v) is 17.7. The van der Waals surface area contributed by atoms with E-state index in [4.69, 9.17) is 9.97 Å². The van der Waals surface area contributed by atoms with E-state index in [1.165, 1.54) is 22.3 Å². The van der Waals surface area contributed by atoms with E-state index in [0.29, 0.717) is 5.56 Å². The largest absolute Gasteiger partial charge is 0.308 e. The topological polar surface area (TPSA) is 89.7 Å². The van der Waals surface area contributed by atoms with E-state index in [-0.39, 0.29) is 0 Å². The molecule has 0 atom stereocenters. The normalized spacial score (nSPS) is 11.5. The highest BCUT2D eigenvalue weighted by atomic mass is 15.2. The lowest BCUT2D eigenvalue weighted by molar-refractivity contribution is -0.595. The molecule has 5 aromatic carbocycles. The Hall–Kier alpha value is -9.47. The predicted octanol–water partition coefficient (Wildman–Crippen LogP) is 8.95. The first-order chi connectivity index (χ1) is 33.7. The van der Waals surface area contributed by atoms with Crippen molar-refractivity contribution >= 4 is 21.8 Å². The second-order valence-electron chi connectivity index (χ2n) is 17.7. The van der Waals surface area contributed by atoms with E-state index in [2.05, 4.69) is 178 Å². The first-order valence-corrected chi connectivity index (χ1v) is 22.8. The van der Waals surface area contributed by atoms with E-state index >= 15 is 0 Å². The highest BCUT2D eigenvalue weighted by Gasteiger charge is 2.26. The monoisotopic (exact) mass is 898 g/mol. The van der Waals surface area contributed by atoms with Gasteiger partial charge in [-0.25, -0.2) is 37.4 Å². The fourth-order valence-corrected chi connectivity index (χ4v) is 9.05. The van der Waals surface area contributed by atoms with Crippen LogP contribution < -0.4 is 18.3 Å². The Bertz CT molecular complexity index is 3680. The Morgan fingerprint density at radius 2 is 0.739 bits per heavy atom. The smallest absolute Gasteiger partial charge is 0.255 e. The minimum atomic E-state index is 0.517. The van der Waals surface area contributed by atoms with Crippen molar-refractivity contribution < 1.29 is 18.3 Å². The zero-order valence-electron chi connectivity index (χ0n) is 38.5. The van der Waals surface area contributed by atoms with Gasteiger partial charge >= 0.3 is 0 Å². The molecule has 69 heavy (non-hydrogen) atoms. The molecule has 12 aromatic rings. The Labute approximate surface area is 398 Å². The molecule has 0 bridgehead atoms. The highest BCUT2D eigenvalue weighted by Crippen LogP contribution is 2.36. The van der Waals surface area contributed by atoms with Gasteiger partial charge in [0.2, 0.25) is 11.6 Å². The zero-order valence-corrected chi connectivity index (χ0v) is 38.5. The number of imidazole rings is 4. The van der Waals surface area contributed by atoms with Crippen LogP contribution in [0.1, 0.15) is 27.8 Å². The fourth-order valence-electron chi connectivity index (χ4n) is 9.05. The van der Waals surface area contributed by atoms with Gasteiger partial charge in [-0.1, -0.05) is 70.8 Å². The molecule has 7 aromatic heterocycles. The predicted molar refractivity (Wildman–Crippen MR) is 263 cm³/mol. The van der Waals surface area contributed by atoms with Crippen LogP contribution in [-0.4, -0.2) is 32.8 Å². The molecule has 0 radical (unpaired) electrons. The number of aromatic nitrogens is 11. The summed E-state index contributed by atoms with van der Waals surface area (Å²) < 4.78 is 18.8. The van der Waals surface area contributed by atoms with Gasteiger partial charge in [0.1, 0.15) is 84.0 Å². The molecule has 12 nitrogen and oxygen atoms in total. The molecule has 0 amide bonds. The van der Waals surface area contributed by atoms with Crippen molar-refractivity contribution in [3.05, 3.63) is 236 Å². The number of fused-ring (bicyclic) bond motifs is 3. The van der Waals surface area contributed by atoms with Gasteiger partial charge < -0.3 is 4.57 Å². The molecule has 0 saturated heterocycles. The quantitative estimate of drug-likeness (QED) is 0.136. The van der Waals surface area contributed by atoms with Gasteiger partial charge in [0.05, 0.1) is 16.7 Å². The lowest BCUT2D eigenvalue weighted by Crippen LogP contribution is -2.27. The summed E-state index contributed by atoms with van der Waals surface area (Å²) in [5.41, 5.74) is 13.6. The van der Waals surface area contributed by atoms with Crippen LogP contribution in [0.25, 0.3) is 73.3 Å². The summed E-state index contributed by atoms with van der Waals surface area (Å²) in [5, 5.41) is 13.1. The third-order valence-corrected chi connectivity index (χ3v) is 12.9. The first kappa shape index (κ1) is 41.0. The molecule has 0 spiro atoms. The molecule has 0 saturated carbocycles. The van der Waals surface area contributed by atoms with Gasteiger partial charge in [-0.3, -0.25) is 0 Å². The molecule has 0 aliphatic carbocycles. The molecule has 12 heteroatoms. The molecular formula is C57H46N12+4. The minimum absolute atomic E-state index is 0.517. The van der Waals surface area contributed by atoms with Crippen molar-refractivity contribution in [2.45, 2.75) is 27.7 Å². The number of rotatable bonds is 9. The summed E-state index contributed by atoms with van der Waals surface area (Å²) in [6, 6.07) is 44.9. The third kappa shape index (κ3) is 7.44. The number of benzene rings is 5. The molecular weight excluding hydrogens is 853 g/mol. The summed E-state index contributed by atoms with van der Waals surface area (Å²) in [7, 11) is 0. The Morgan fingerprint density at radius 3 is 1.07 bits per heavy atom. The number of nitriles is 1. The minimum Gasteiger partial charge on any atom is -0.308 e. The van der Waals surface area contributed by atoms with E-state index < -0.39 is 0 Å². The summed E-state index contributed by atoms with van der Waals surface area (Å²) in [5.74, 6) is 1.50. The zero-order chi connectivity index (χ0) is 46.8. The molecule has 12 rings (SSSR count). The number of nitrogens with zero attached hydrogens (tertiary/aromatic N) is 12. The number of pyridine rings is 2. The van der Waals surface area contributed by atoms with Crippen molar-refractivity contribution in [3.63, 3.8) is 0 Å². The van der Waals surface area contributed by atoms with Crippen LogP contribution in [0.2, 0.25) is 0 Å². The van der Waals surface area contributed by atoms with Crippen LogP contribution >= 0.6 is 0 Å². The van der Waals surface area contributed by atoms with Gasteiger partial charge in [-0.15, -0.1) is 0 Å². The standard InChI is InChI=1S/C57H46N12/c1-40-5-13-44(14-6-40)61-21-25-65(36-61)52-29-48(30-53(49(52)33-58)66-26-22-62(37-66)45-15-7-41(2)8-16-45)69-54-31-56(67-27-23-63(38-67)46-17-9-42(3)10-18-46)59-34-50(54)51-35-60-57(32-55(51)69)68-28-24-64(39-68)47-19-11-43(4)12-20-47/h5-32,34-39H,1-4H3/q+4. The Kier molecular flexibility index (Phi) is 9.77. The van der Waals surface area contributed by atoms with Gasteiger partial charge in [-0.2, -0.15) is 14.4 Å². The van der Waals surface area contributed by atoms with E-state index in [0.717, 1.165) is 73.3 Å². The number of aryl methyl sites for hydroxylation is 4. The maximum Gasteiger partial charge on any atom is 0.255 e. The summed E-state index contributed by atoms with van der Waals surface area (Å²) >= 11 is 0. The van der Waals surface area contributed by atoms with Crippen molar-refractivity contribution in [2.75, 3.05) is 0 Å². The second kappa shape index (κ2) is 16.4. The van der Waals surface area contributed by atoms with Gasteiger partial charge in [0.25, 0.3) is 25.3 Å². The first-order valence-electron chi connectivity index (χ1n) is 22.8. The SMILES string of the molecule is Cc1ccc(-[n+]2ccn(-c3cc4c(cn3)c3cnc(-n5cc[n+](-c6ccc(C)cc6)c5)cc3n4-c3cc(-n4cc[n+](-c5ccc(C)cc5)c4)c(C#N)c(-n4cc[n+](-c5ccc(C)cc5)c4)c3)c2)cc1. The molecule has 0 unspecified atom stereocenters. The van der Waals surface area contributed by atoms with Gasteiger partial charge in [0.15, 0.2) is 11.4 Å². The fraction of sp³-hybridized carbons (Fsp3) is 0.0702. The average molecular weight is 899 g/mol. The lowest BCUT2D eigenvalue weighted by atomic mass is 10.1. The number of hydrogen-bond donors (Lipinski definition) is 0. The molecule has 0 N–H and O–H groups in total. The van der Waals surface area contributed by atoms with Crippen LogP contribution in [0.4, 0.5) is 0 Å². The van der Waals surface area contributed by atoms with Crippen LogP contribution in [0.3, 0.4) is 0 Å². The summed E-state index contributed by atoms with van der Waals surface area (Å²) in [6.07, 6.45) is 28.2. The molecule has 330 valence electrons. The van der Waals surface area contributed by atoms with Crippen LogP contribution in [-0.2, 0) is 0 Å². The van der Waals surface area contributed by atoms with Crippen molar-refractivity contribution in [3.8, 4) is 57.5 Å². The number of hydrogen-bond acceptors (Lipinski definition) is 3. The van der Waals surface area contributed by atoms with Crippen molar-refractivity contribution in [1.29, 1.82) is 5.26 Å². The molecule has 0 fully saturated rings. The molecule has 0 aliphatic rings. The Balaban J connectivity index is 1.09. The van der Waals surface area contributed by atoms with E-state index in [1.807, 2.05) is 106 Å². The molecule has 7 heterocycles. The van der Waals surface area contributed by atoms with Crippen LogP contribution in [0.5, 0.6) is 0 Å². The van der Waals surface area contributed by atoms with Gasteiger partial charge in [0, 0.05) is 47.4 Å². The van der Waals surface area contributed by atoms with Gasteiger partial charge in [-0.05, 0) is 76.2 Å².